The first-order valence-electron chi connectivity index (χ1n) is 3.77. The minimum atomic E-state index is 0.880. The van der Waals surface area contributed by atoms with Crippen molar-refractivity contribution in [2.45, 2.75) is 0 Å². The molecule has 0 saturated heterocycles. The molecule has 0 aliphatic rings. The molecule has 0 spiro atoms. The van der Waals surface area contributed by atoms with Crippen LogP contribution in [0.3, 0.4) is 0 Å². The third kappa shape index (κ3) is 0.580. The SMILES string of the molecule is [c]1nc2[nH]ccc2c2[nH]ccc12. The summed E-state index contributed by atoms with van der Waals surface area (Å²) in [5, 5.41) is 2.15. The Bertz CT molecular complexity index is 483. The maximum atomic E-state index is 4.14. The van der Waals surface area contributed by atoms with Gasteiger partial charge in [-0.3, -0.25) is 0 Å². The average molecular weight is 156 g/mol. The molecule has 0 amide bonds. The quantitative estimate of drug-likeness (QED) is 0.512. The zero-order chi connectivity index (χ0) is 7.97. The monoisotopic (exact) mass is 156 g/mol. The van der Waals surface area contributed by atoms with Gasteiger partial charge in [0.15, 0.2) is 0 Å². The van der Waals surface area contributed by atoms with Crippen LogP contribution in [-0.2, 0) is 0 Å². The first kappa shape index (κ1) is 5.83. The molecule has 12 heavy (non-hydrogen) atoms. The lowest BCUT2D eigenvalue weighted by molar-refractivity contribution is 1.33. The highest BCUT2D eigenvalue weighted by Gasteiger charge is 2.01. The van der Waals surface area contributed by atoms with Crippen molar-refractivity contribution >= 4 is 21.9 Å². The van der Waals surface area contributed by atoms with E-state index in [4.69, 9.17) is 0 Å². The highest BCUT2D eigenvalue weighted by molar-refractivity contribution is 6.01. The topological polar surface area (TPSA) is 44.5 Å². The van der Waals surface area contributed by atoms with E-state index in [1.165, 1.54) is 0 Å². The Hall–Kier alpha value is -1.77. The fourth-order valence-corrected chi connectivity index (χ4v) is 1.46. The van der Waals surface area contributed by atoms with Gasteiger partial charge in [0.2, 0.25) is 0 Å². The Balaban J connectivity index is 2.71. The molecule has 0 aliphatic carbocycles. The standard InChI is InChI=1S/C9H6N3/c1-3-10-8-6(1)5-12-9-7(8)2-4-11-9/h1-4,10H,(H,11,12). The predicted octanol–water partition coefficient (Wildman–Crippen LogP) is 1.84. The highest BCUT2D eigenvalue weighted by Crippen LogP contribution is 2.19. The van der Waals surface area contributed by atoms with Gasteiger partial charge in [-0.25, -0.2) is 4.98 Å². The zero-order valence-corrected chi connectivity index (χ0v) is 6.26. The van der Waals surface area contributed by atoms with E-state index >= 15 is 0 Å². The molecular weight excluding hydrogens is 150 g/mol. The third-order valence-corrected chi connectivity index (χ3v) is 2.03. The second kappa shape index (κ2) is 1.88. The summed E-state index contributed by atoms with van der Waals surface area (Å²) in [6.07, 6.45) is 6.73. The van der Waals surface area contributed by atoms with Crippen molar-refractivity contribution in [3.8, 4) is 0 Å². The van der Waals surface area contributed by atoms with Gasteiger partial charge in [0.25, 0.3) is 0 Å². The fraction of sp³-hybridized carbons (Fsp3) is 0. The molecule has 0 unspecified atom stereocenters. The molecular formula is C9H6N3. The number of rotatable bonds is 0. The number of pyridine rings is 1. The number of hydrogen-bond acceptors (Lipinski definition) is 1. The number of hydrogen-bond donors (Lipinski definition) is 2. The molecule has 1 radical (unpaired) electrons. The largest absolute Gasteiger partial charge is 0.361 e. The van der Waals surface area contributed by atoms with Crippen molar-refractivity contribution in [3.05, 3.63) is 30.7 Å². The molecule has 0 saturated carbocycles. The lowest BCUT2D eigenvalue weighted by Crippen LogP contribution is -1.76. The maximum Gasteiger partial charge on any atom is 0.140 e. The molecule has 3 nitrogen and oxygen atoms in total. The van der Waals surface area contributed by atoms with Crippen LogP contribution in [-0.4, -0.2) is 15.0 Å². The van der Waals surface area contributed by atoms with Crippen LogP contribution in [0, 0.1) is 6.20 Å². The van der Waals surface area contributed by atoms with Crippen LogP contribution in [0.5, 0.6) is 0 Å². The molecule has 3 aromatic heterocycles. The molecule has 0 aromatic carbocycles. The number of H-pyrrole nitrogens is 2. The van der Waals surface area contributed by atoms with Crippen LogP contribution in [0.25, 0.3) is 21.9 Å². The Morgan fingerprint density at radius 1 is 1.17 bits per heavy atom. The maximum absolute atomic E-state index is 4.14. The van der Waals surface area contributed by atoms with Crippen LogP contribution in [0.4, 0.5) is 0 Å². The number of aromatic nitrogens is 3. The van der Waals surface area contributed by atoms with Crippen LogP contribution in [0.1, 0.15) is 0 Å². The van der Waals surface area contributed by atoms with Crippen LogP contribution in [0.2, 0.25) is 0 Å². The number of nitrogens with zero attached hydrogens (tertiary/aromatic N) is 1. The van der Waals surface area contributed by atoms with Crippen molar-refractivity contribution in [2.24, 2.45) is 0 Å². The van der Waals surface area contributed by atoms with Gasteiger partial charge in [-0.15, -0.1) is 0 Å². The average Bonchev–Trinajstić information content (AvgIpc) is 2.71. The molecule has 3 heterocycles. The first-order valence-corrected chi connectivity index (χ1v) is 3.77. The lowest BCUT2D eigenvalue weighted by Gasteiger charge is -1.89. The van der Waals surface area contributed by atoms with E-state index in [0.29, 0.717) is 0 Å². The summed E-state index contributed by atoms with van der Waals surface area (Å²) in [5.74, 6) is 0. The normalized spacial score (nSPS) is 11.3. The van der Waals surface area contributed by atoms with E-state index in [0.717, 1.165) is 21.9 Å². The second-order valence-electron chi connectivity index (χ2n) is 2.73. The predicted molar refractivity (Wildman–Crippen MR) is 46.8 cm³/mol. The van der Waals surface area contributed by atoms with Gasteiger partial charge in [-0.2, -0.15) is 0 Å². The van der Waals surface area contributed by atoms with Gasteiger partial charge in [-0.05, 0) is 12.1 Å². The van der Waals surface area contributed by atoms with E-state index in [2.05, 4.69) is 21.1 Å². The van der Waals surface area contributed by atoms with Gasteiger partial charge in [0, 0.05) is 23.2 Å². The summed E-state index contributed by atoms with van der Waals surface area (Å²) < 4.78 is 0. The Morgan fingerprint density at radius 2 is 2.08 bits per heavy atom. The van der Waals surface area contributed by atoms with E-state index in [1.54, 1.807) is 0 Å². The molecule has 3 heteroatoms. The molecule has 0 fully saturated rings. The number of aromatic amines is 2. The summed E-state index contributed by atoms with van der Waals surface area (Å²) >= 11 is 0. The Labute approximate surface area is 68.4 Å². The van der Waals surface area contributed by atoms with Crippen molar-refractivity contribution in [1.29, 1.82) is 0 Å². The minimum absolute atomic E-state index is 0.880. The van der Waals surface area contributed by atoms with Crippen molar-refractivity contribution in [1.82, 2.24) is 15.0 Å². The van der Waals surface area contributed by atoms with E-state index in [-0.39, 0.29) is 0 Å². The summed E-state index contributed by atoms with van der Waals surface area (Å²) in [6.45, 7) is 0. The Kier molecular flexibility index (Phi) is 0.913. The third-order valence-electron chi connectivity index (χ3n) is 2.03. The fourth-order valence-electron chi connectivity index (χ4n) is 1.46. The van der Waals surface area contributed by atoms with Crippen molar-refractivity contribution in [3.63, 3.8) is 0 Å². The minimum Gasteiger partial charge on any atom is -0.361 e. The van der Waals surface area contributed by atoms with Gasteiger partial charge in [-0.1, -0.05) is 0 Å². The molecule has 57 valence electrons. The van der Waals surface area contributed by atoms with E-state index in [9.17, 15) is 0 Å². The molecule has 2 N–H and O–H groups in total. The number of nitrogens with one attached hydrogen (secondary N) is 2. The molecule has 0 aliphatic heterocycles. The summed E-state index contributed by atoms with van der Waals surface area (Å²) in [4.78, 5) is 10.3. The number of fused-ring (bicyclic) bond motifs is 3. The van der Waals surface area contributed by atoms with Gasteiger partial charge in [0.1, 0.15) is 11.8 Å². The highest BCUT2D eigenvalue weighted by atomic mass is 14.8. The first-order chi connectivity index (χ1) is 5.95. The second-order valence-corrected chi connectivity index (χ2v) is 2.73. The van der Waals surface area contributed by atoms with E-state index in [1.807, 2.05) is 24.5 Å². The van der Waals surface area contributed by atoms with Gasteiger partial charge < -0.3 is 9.97 Å². The van der Waals surface area contributed by atoms with Gasteiger partial charge in [0.05, 0.1) is 5.52 Å². The summed E-state index contributed by atoms with van der Waals surface area (Å²) in [6, 6.07) is 3.98. The van der Waals surface area contributed by atoms with E-state index < -0.39 is 0 Å². The van der Waals surface area contributed by atoms with Crippen LogP contribution < -0.4 is 0 Å². The molecule has 3 rings (SSSR count). The molecule has 3 aromatic rings. The Morgan fingerprint density at radius 3 is 3.08 bits per heavy atom. The van der Waals surface area contributed by atoms with Crippen molar-refractivity contribution in [2.75, 3.05) is 0 Å². The van der Waals surface area contributed by atoms with Gasteiger partial charge >= 0.3 is 0 Å². The summed E-state index contributed by atoms with van der Waals surface area (Å²) in [7, 11) is 0. The smallest absolute Gasteiger partial charge is 0.140 e. The van der Waals surface area contributed by atoms with Crippen molar-refractivity contribution < 1.29 is 0 Å². The molecule has 0 atom stereocenters. The summed E-state index contributed by atoms with van der Waals surface area (Å²) in [5.41, 5.74) is 1.98. The van der Waals surface area contributed by atoms with Crippen LogP contribution >= 0.6 is 0 Å². The zero-order valence-electron chi connectivity index (χ0n) is 6.26. The lowest BCUT2D eigenvalue weighted by atomic mass is 10.2. The van der Waals surface area contributed by atoms with Crippen LogP contribution in [0.15, 0.2) is 24.5 Å². The molecule has 0 bridgehead atoms.